The zero-order valence-corrected chi connectivity index (χ0v) is 11.5. The van der Waals surface area contributed by atoms with Gasteiger partial charge in [-0.3, -0.25) is 0 Å². The first-order valence-corrected chi connectivity index (χ1v) is 6.28. The third-order valence-electron chi connectivity index (χ3n) is 2.23. The highest BCUT2D eigenvalue weighted by Gasteiger charge is 2.26. The highest BCUT2D eigenvalue weighted by Crippen LogP contribution is 2.05. The van der Waals surface area contributed by atoms with Gasteiger partial charge < -0.3 is 24.8 Å². The first-order valence-electron chi connectivity index (χ1n) is 6.28. The summed E-state index contributed by atoms with van der Waals surface area (Å²) >= 11 is 0. The minimum absolute atomic E-state index is 0.194. The minimum atomic E-state index is -0.840. The van der Waals surface area contributed by atoms with Crippen molar-refractivity contribution in [1.29, 1.82) is 10.5 Å². The summed E-state index contributed by atoms with van der Waals surface area (Å²) in [5.41, 5.74) is 5.29. The van der Waals surface area contributed by atoms with Crippen LogP contribution in [0.25, 0.3) is 4.85 Å². The Balaban J connectivity index is 4.10. The van der Waals surface area contributed by atoms with Gasteiger partial charge >= 0.3 is 0 Å². The van der Waals surface area contributed by atoms with E-state index < -0.39 is 5.54 Å². The van der Waals surface area contributed by atoms with Gasteiger partial charge in [-0.1, -0.05) is 0 Å². The maximum atomic E-state index is 8.43. The monoisotopic (exact) mass is 280 g/mol. The van der Waals surface area contributed by atoms with Crippen LogP contribution in [0.4, 0.5) is 0 Å². The molecule has 0 amide bonds. The average Bonchev–Trinajstić information content (AvgIpc) is 2.45. The van der Waals surface area contributed by atoms with Crippen molar-refractivity contribution in [2.24, 2.45) is 5.73 Å². The Bertz CT molecular complexity index is 312. The second-order valence-electron chi connectivity index (χ2n) is 4.22. The van der Waals surface area contributed by atoms with E-state index in [2.05, 4.69) is 4.85 Å². The van der Waals surface area contributed by atoms with Crippen molar-refractivity contribution in [2.75, 3.05) is 46.2 Å². The summed E-state index contributed by atoms with van der Waals surface area (Å²) in [6.07, 6.45) is 0.591. The van der Waals surface area contributed by atoms with Crippen molar-refractivity contribution in [3.8, 4) is 12.1 Å². The predicted octanol–water partition coefficient (Wildman–Crippen LogP) is 0.480. The van der Waals surface area contributed by atoms with E-state index in [-0.39, 0.29) is 26.4 Å². The summed E-state index contributed by atoms with van der Waals surface area (Å²) in [6, 6.07) is 3.95. The molecule has 0 aliphatic heterocycles. The van der Waals surface area contributed by atoms with Crippen LogP contribution in [-0.2, 0) is 14.2 Å². The van der Waals surface area contributed by atoms with Gasteiger partial charge in [-0.25, -0.2) is 6.57 Å². The molecule has 0 radical (unpaired) electrons. The lowest BCUT2D eigenvalue weighted by molar-refractivity contribution is -0.0188. The van der Waals surface area contributed by atoms with Crippen molar-refractivity contribution >= 4 is 0 Å². The Morgan fingerprint density at radius 3 is 1.80 bits per heavy atom. The summed E-state index contributed by atoms with van der Waals surface area (Å²) in [5, 5.41) is 16.9. The third kappa shape index (κ3) is 10.3. The molecule has 7 nitrogen and oxygen atoms in total. The number of nitrogens with zero attached hydrogens (tertiary/aromatic N) is 3. The summed E-state index contributed by atoms with van der Waals surface area (Å²) < 4.78 is 16.0. The van der Waals surface area contributed by atoms with Crippen LogP contribution in [0.1, 0.15) is 12.8 Å². The Hall–Kier alpha value is -1.69. The molecule has 0 atom stereocenters. The van der Waals surface area contributed by atoms with Gasteiger partial charge in [-0.2, -0.15) is 10.5 Å². The number of rotatable bonds is 12. The molecule has 0 aliphatic carbocycles. The molecule has 0 saturated carbocycles. The lowest BCUT2D eigenvalue weighted by Gasteiger charge is -2.28. The standard InChI is InChI=1S/C13H20N4O3/c1-17-6-9-20-12-13(16,10-18-7-2-4-14)11-19-8-3-5-15/h2-3,6-12,16H2. The maximum absolute atomic E-state index is 8.43. The molecule has 0 rings (SSSR count). The zero-order chi connectivity index (χ0) is 15.1. The van der Waals surface area contributed by atoms with Crippen LogP contribution in [0.2, 0.25) is 0 Å². The molecular formula is C13H20N4O3. The van der Waals surface area contributed by atoms with E-state index in [4.69, 9.17) is 37.0 Å². The van der Waals surface area contributed by atoms with Gasteiger partial charge in [-0.15, -0.1) is 0 Å². The highest BCUT2D eigenvalue weighted by molar-refractivity contribution is 4.85. The van der Waals surface area contributed by atoms with Crippen LogP contribution in [-0.4, -0.2) is 51.7 Å². The molecule has 0 saturated heterocycles. The molecule has 0 spiro atoms. The van der Waals surface area contributed by atoms with E-state index in [9.17, 15) is 0 Å². The van der Waals surface area contributed by atoms with Crippen LogP contribution < -0.4 is 5.73 Å². The second-order valence-corrected chi connectivity index (χ2v) is 4.22. The number of ether oxygens (including phenoxy) is 3. The number of nitriles is 2. The largest absolute Gasteiger partial charge is 0.378 e. The lowest BCUT2D eigenvalue weighted by Crippen LogP contribution is -2.53. The minimum Gasteiger partial charge on any atom is -0.378 e. The normalized spacial score (nSPS) is 10.5. The molecule has 0 aromatic rings. The first kappa shape index (κ1) is 18.3. The van der Waals surface area contributed by atoms with Crippen molar-refractivity contribution < 1.29 is 14.2 Å². The Morgan fingerprint density at radius 2 is 1.40 bits per heavy atom. The molecule has 20 heavy (non-hydrogen) atoms. The molecule has 0 heterocycles. The van der Waals surface area contributed by atoms with Gasteiger partial charge in [-0.05, 0) is 0 Å². The highest BCUT2D eigenvalue weighted by atomic mass is 16.5. The van der Waals surface area contributed by atoms with E-state index >= 15 is 0 Å². The fourth-order valence-corrected chi connectivity index (χ4v) is 1.30. The molecule has 0 bridgehead atoms. The lowest BCUT2D eigenvalue weighted by atomic mass is 10.1. The van der Waals surface area contributed by atoms with Crippen molar-refractivity contribution in [1.82, 2.24) is 0 Å². The molecule has 0 unspecified atom stereocenters. The molecule has 0 fully saturated rings. The van der Waals surface area contributed by atoms with E-state index in [0.29, 0.717) is 32.7 Å². The molecule has 0 aromatic heterocycles. The number of hydrogen-bond acceptors (Lipinski definition) is 6. The molecule has 110 valence electrons. The van der Waals surface area contributed by atoms with Crippen LogP contribution in [0.3, 0.4) is 0 Å². The fraction of sp³-hybridized carbons (Fsp3) is 0.769. The van der Waals surface area contributed by atoms with Crippen LogP contribution in [0.15, 0.2) is 0 Å². The zero-order valence-electron chi connectivity index (χ0n) is 11.5. The molecular weight excluding hydrogens is 260 g/mol. The smallest absolute Gasteiger partial charge is 0.237 e. The van der Waals surface area contributed by atoms with Gasteiger partial charge in [0.2, 0.25) is 6.54 Å². The van der Waals surface area contributed by atoms with E-state index in [1.54, 1.807) is 0 Å². The topological polar surface area (TPSA) is 106 Å². The summed E-state index contributed by atoms with van der Waals surface area (Å²) in [6.45, 7) is 8.42. The third-order valence-corrected chi connectivity index (χ3v) is 2.23. The maximum Gasteiger partial charge on any atom is 0.237 e. The van der Waals surface area contributed by atoms with Gasteiger partial charge in [0, 0.05) is 0 Å². The van der Waals surface area contributed by atoms with Gasteiger partial charge in [0.15, 0.2) is 0 Å². The summed E-state index contributed by atoms with van der Waals surface area (Å²) in [4.78, 5) is 3.18. The van der Waals surface area contributed by atoms with E-state index in [1.165, 1.54) is 0 Å². The summed E-state index contributed by atoms with van der Waals surface area (Å²) in [7, 11) is 0. The van der Waals surface area contributed by atoms with Crippen molar-refractivity contribution in [3.63, 3.8) is 0 Å². The fourth-order valence-electron chi connectivity index (χ4n) is 1.30. The molecule has 7 heteroatoms. The van der Waals surface area contributed by atoms with Crippen molar-refractivity contribution in [2.45, 2.75) is 18.4 Å². The SMILES string of the molecule is [C-]#[N+]CCOCC(N)(COCCC#N)COCCC#N. The summed E-state index contributed by atoms with van der Waals surface area (Å²) in [5.74, 6) is 0. The van der Waals surface area contributed by atoms with Crippen LogP contribution >= 0.6 is 0 Å². The van der Waals surface area contributed by atoms with Crippen LogP contribution in [0, 0.1) is 29.2 Å². The van der Waals surface area contributed by atoms with E-state index in [1.807, 2.05) is 12.1 Å². The number of hydrogen-bond donors (Lipinski definition) is 1. The molecule has 0 aliphatic rings. The predicted molar refractivity (Wildman–Crippen MR) is 71.3 cm³/mol. The Morgan fingerprint density at radius 1 is 0.950 bits per heavy atom. The van der Waals surface area contributed by atoms with Gasteiger partial charge in [0.05, 0.1) is 63.6 Å². The second kappa shape index (κ2) is 12.3. The van der Waals surface area contributed by atoms with Crippen molar-refractivity contribution in [3.05, 3.63) is 11.4 Å². The Kier molecular flexibility index (Phi) is 11.3. The molecule has 0 aromatic carbocycles. The number of nitrogens with two attached hydrogens (primary N) is 1. The quantitative estimate of drug-likeness (QED) is 0.412. The Labute approximate surface area is 119 Å². The van der Waals surface area contributed by atoms with Gasteiger partial charge in [0.25, 0.3) is 0 Å². The van der Waals surface area contributed by atoms with Gasteiger partial charge in [0.1, 0.15) is 6.61 Å². The molecule has 2 N–H and O–H groups in total. The van der Waals surface area contributed by atoms with Crippen LogP contribution in [0.5, 0.6) is 0 Å². The average molecular weight is 280 g/mol. The van der Waals surface area contributed by atoms with E-state index in [0.717, 1.165) is 0 Å². The first-order chi connectivity index (χ1) is 9.68.